The van der Waals surface area contributed by atoms with Crippen LogP contribution in [0.5, 0.6) is 0 Å². The minimum atomic E-state index is 0.0305. The Morgan fingerprint density at radius 3 is 2.31 bits per heavy atom. The molecule has 2 nitrogen and oxygen atoms in total. The van der Waals surface area contributed by atoms with Crippen molar-refractivity contribution in [1.29, 1.82) is 0 Å². The van der Waals surface area contributed by atoms with Gasteiger partial charge >= 0.3 is 0 Å². The highest BCUT2D eigenvalue weighted by Gasteiger charge is 2.50. The lowest BCUT2D eigenvalue weighted by atomic mass is 10.1. The molecule has 0 N–H and O–H groups in total. The molecule has 0 aromatic carbocycles. The van der Waals surface area contributed by atoms with E-state index in [9.17, 15) is 0 Å². The molecule has 3 aliphatic rings. The van der Waals surface area contributed by atoms with Crippen molar-refractivity contribution in [2.24, 2.45) is 17.3 Å². The van der Waals surface area contributed by atoms with E-state index in [-0.39, 0.29) is 5.60 Å². The number of hydrogen-bond donors (Lipinski definition) is 0. The molecule has 0 spiro atoms. The molecule has 2 heteroatoms. The smallest absolute Gasteiger partial charge is 0.0598 e. The third-order valence-corrected chi connectivity index (χ3v) is 4.38. The van der Waals surface area contributed by atoms with Crippen LogP contribution >= 0.6 is 0 Å². The van der Waals surface area contributed by atoms with E-state index in [1.54, 1.807) is 0 Å². The van der Waals surface area contributed by atoms with Crippen LogP contribution in [-0.2, 0) is 4.74 Å². The first kappa shape index (κ1) is 11.0. The van der Waals surface area contributed by atoms with Crippen LogP contribution in [0.1, 0.15) is 40.0 Å². The summed E-state index contributed by atoms with van der Waals surface area (Å²) in [5.41, 5.74) is 0.562. The molecule has 1 aliphatic heterocycles. The van der Waals surface area contributed by atoms with Gasteiger partial charge in [-0.2, -0.15) is 0 Å². The van der Waals surface area contributed by atoms with Gasteiger partial charge in [0, 0.05) is 25.0 Å². The highest BCUT2D eigenvalue weighted by atomic mass is 16.5. The molecule has 3 rings (SSSR count). The number of rotatable bonds is 4. The number of nitrogens with zero attached hydrogens (tertiary/aromatic N) is 1. The standard InChI is InChI=1S/C14H25NO/c1-13(2,3)16-10-14(4-5-14)9-15-7-11-6-12(11)8-15/h11-12H,4-10H2,1-3H3/t11-,12+. The molecule has 92 valence electrons. The Morgan fingerprint density at radius 2 is 1.81 bits per heavy atom. The molecule has 3 fully saturated rings. The van der Waals surface area contributed by atoms with Crippen LogP contribution in [0.3, 0.4) is 0 Å². The zero-order valence-corrected chi connectivity index (χ0v) is 11.0. The molecule has 2 aliphatic carbocycles. The first-order chi connectivity index (χ1) is 7.46. The molecule has 0 aromatic rings. The molecule has 0 radical (unpaired) electrons. The fourth-order valence-corrected chi connectivity index (χ4v) is 2.99. The largest absolute Gasteiger partial charge is 0.375 e. The topological polar surface area (TPSA) is 12.5 Å². The van der Waals surface area contributed by atoms with E-state index in [1.807, 2.05) is 0 Å². The van der Waals surface area contributed by atoms with Gasteiger partial charge in [0.15, 0.2) is 0 Å². The van der Waals surface area contributed by atoms with Crippen molar-refractivity contribution in [3.63, 3.8) is 0 Å². The average Bonchev–Trinajstić information content (AvgIpc) is 3.05. The second-order valence-electron chi connectivity index (χ2n) is 7.35. The van der Waals surface area contributed by atoms with Crippen molar-refractivity contribution in [2.45, 2.75) is 45.6 Å². The predicted molar refractivity (Wildman–Crippen MR) is 65.4 cm³/mol. The quantitative estimate of drug-likeness (QED) is 0.726. The summed E-state index contributed by atoms with van der Waals surface area (Å²) in [6.45, 7) is 11.5. The van der Waals surface area contributed by atoms with Crippen molar-refractivity contribution in [3.05, 3.63) is 0 Å². The lowest BCUT2D eigenvalue weighted by Gasteiger charge is -2.28. The fraction of sp³-hybridized carbons (Fsp3) is 1.00. The molecule has 16 heavy (non-hydrogen) atoms. The van der Waals surface area contributed by atoms with Gasteiger partial charge < -0.3 is 9.64 Å². The van der Waals surface area contributed by atoms with Gasteiger partial charge in [-0.1, -0.05) is 0 Å². The summed E-state index contributed by atoms with van der Waals surface area (Å²) in [4.78, 5) is 2.69. The number of ether oxygens (including phenoxy) is 1. The first-order valence-corrected chi connectivity index (χ1v) is 6.82. The van der Waals surface area contributed by atoms with Crippen molar-refractivity contribution >= 4 is 0 Å². The third-order valence-electron chi connectivity index (χ3n) is 4.38. The summed E-state index contributed by atoms with van der Waals surface area (Å²) >= 11 is 0. The molecule has 0 aromatic heterocycles. The maximum absolute atomic E-state index is 5.98. The van der Waals surface area contributed by atoms with E-state index in [1.165, 1.54) is 38.9 Å². The summed E-state index contributed by atoms with van der Waals surface area (Å²) in [5, 5.41) is 0. The van der Waals surface area contributed by atoms with Gasteiger partial charge in [-0.3, -0.25) is 0 Å². The minimum Gasteiger partial charge on any atom is -0.375 e. The number of likely N-dealkylation sites (tertiary alicyclic amines) is 1. The molecule has 1 saturated heterocycles. The Labute approximate surface area is 99.3 Å². The monoisotopic (exact) mass is 223 g/mol. The van der Waals surface area contributed by atoms with Gasteiger partial charge in [-0.15, -0.1) is 0 Å². The van der Waals surface area contributed by atoms with Gasteiger partial charge in [0.05, 0.1) is 12.2 Å². The van der Waals surface area contributed by atoms with Crippen molar-refractivity contribution in [1.82, 2.24) is 4.90 Å². The Hall–Kier alpha value is -0.0800. The van der Waals surface area contributed by atoms with Crippen molar-refractivity contribution in [2.75, 3.05) is 26.2 Å². The highest BCUT2D eigenvalue weighted by molar-refractivity contribution is 5.02. The molecule has 1 heterocycles. The SMILES string of the molecule is CC(C)(C)OCC1(CN2C[C@H]3C[C@H]3C2)CC1. The number of hydrogen-bond acceptors (Lipinski definition) is 2. The Morgan fingerprint density at radius 1 is 1.19 bits per heavy atom. The normalized spacial score (nSPS) is 36.2. The summed E-state index contributed by atoms with van der Waals surface area (Å²) in [5.74, 6) is 2.14. The number of fused-ring (bicyclic) bond motifs is 1. The van der Waals surface area contributed by atoms with Crippen LogP contribution in [0, 0.1) is 17.3 Å². The van der Waals surface area contributed by atoms with E-state index >= 15 is 0 Å². The van der Waals surface area contributed by atoms with Crippen LogP contribution in [0.4, 0.5) is 0 Å². The molecule has 0 amide bonds. The van der Waals surface area contributed by atoms with Gasteiger partial charge in [0.2, 0.25) is 0 Å². The van der Waals surface area contributed by atoms with Crippen LogP contribution < -0.4 is 0 Å². The van der Waals surface area contributed by atoms with E-state index in [2.05, 4.69) is 25.7 Å². The lowest BCUT2D eigenvalue weighted by molar-refractivity contribution is -0.0333. The van der Waals surface area contributed by atoms with Gasteiger partial charge in [-0.25, -0.2) is 0 Å². The van der Waals surface area contributed by atoms with E-state index in [4.69, 9.17) is 4.74 Å². The number of piperidine rings is 1. The molecular weight excluding hydrogens is 198 g/mol. The zero-order chi connectivity index (χ0) is 11.4. The van der Waals surface area contributed by atoms with Crippen LogP contribution in [0.2, 0.25) is 0 Å². The van der Waals surface area contributed by atoms with E-state index in [0.717, 1.165) is 18.4 Å². The van der Waals surface area contributed by atoms with Gasteiger partial charge in [-0.05, 0) is 51.9 Å². The van der Waals surface area contributed by atoms with Crippen molar-refractivity contribution < 1.29 is 4.74 Å². The first-order valence-electron chi connectivity index (χ1n) is 6.82. The van der Waals surface area contributed by atoms with Crippen molar-refractivity contribution in [3.8, 4) is 0 Å². The van der Waals surface area contributed by atoms with Crippen LogP contribution in [0.15, 0.2) is 0 Å². The third kappa shape index (κ3) is 2.43. The van der Waals surface area contributed by atoms with Gasteiger partial charge in [0.25, 0.3) is 0 Å². The summed E-state index contributed by atoms with van der Waals surface area (Å²) in [6.07, 6.45) is 4.28. The zero-order valence-electron chi connectivity index (χ0n) is 11.0. The molecule has 2 saturated carbocycles. The van der Waals surface area contributed by atoms with Crippen LogP contribution in [-0.4, -0.2) is 36.7 Å². The Kier molecular flexibility index (Phi) is 2.38. The minimum absolute atomic E-state index is 0.0305. The summed E-state index contributed by atoms with van der Waals surface area (Å²) < 4.78 is 5.98. The predicted octanol–water partition coefficient (Wildman–Crippen LogP) is 2.53. The summed E-state index contributed by atoms with van der Waals surface area (Å²) in [7, 11) is 0. The second-order valence-corrected chi connectivity index (χ2v) is 7.35. The Balaban J connectivity index is 1.46. The maximum atomic E-state index is 5.98. The molecule has 0 unspecified atom stereocenters. The van der Waals surface area contributed by atoms with Crippen LogP contribution in [0.25, 0.3) is 0 Å². The lowest BCUT2D eigenvalue weighted by Crippen LogP contribution is -2.34. The maximum Gasteiger partial charge on any atom is 0.0598 e. The summed E-state index contributed by atoms with van der Waals surface area (Å²) in [6, 6.07) is 0. The van der Waals surface area contributed by atoms with E-state index < -0.39 is 0 Å². The molecular formula is C14H25NO. The molecule has 2 atom stereocenters. The highest BCUT2D eigenvalue weighted by Crippen LogP contribution is 2.51. The molecule has 0 bridgehead atoms. The Bertz CT molecular complexity index is 267. The van der Waals surface area contributed by atoms with Gasteiger partial charge in [0.1, 0.15) is 0 Å². The average molecular weight is 223 g/mol. The fourth-order valence-electron chi connectivity index (χ4n) is 2.99. The van der Waals surface area contributed by atoms with E-state index in [0.29, 0.717) is 5.41 Å². The second kappa shape index (κ2) is 3.46.